The van der Waals surface area contributed by atoms with Gasteiger partial charge in [-0.2, -0.15) is 0 Å². The number of carboxylic acid groups (broad SMARTS) is 2. The van der Waals surface area contributed by atoms with Gasteiger partial charge in [0.05, 0.1) is 6.42 Å². The molecule has 0 unspecified atom stereocenters. The van der Waals surface area contributed by atoms with Gasteiger partial charge in [-0.15, -0.1) is 0 Å². The van der Waals surface area contributed by atoms with Gasteiger partial charge in [-0.3, -0.25) is 9.59 Å². The van der Waals surface area contributed by atoms with Gasteiger partial charge in [-0.1, -0.05) is 49.3 Å². The third-order valence-corrected chi connectivity index (χ3v) is 4.66. The molecule has 1 atom stereocenters. The van der Waals surface area contributed by atoms with Crippen molar-refractivity contribution in [3.8, 4) is 0 Å². The molecular formula is C21H29NO5. The lowest BCUT2D eigenvalue weighted by Crippen LogP contribution is -2.41. The summed E-state index contributed by atoms with van der Waals surface area (Å²) in [4.78, 5) is 33.3. The average molecular weight is 375 g/mol. The van der Waals surface area contributed by atoms with E-state index in [0.29, 0.717) is 0 Å². The zero-order valence-corrected chi connectivity index (χ0v) is 16.4. The normalized spacial score (nSPS) is 18.7. The van der Waals surface area contributed by atoms with Crippen molar-refractivity contribution >= 4 is 17.8 Å². The molecule has 0 saturated carbocycles. The standard InChI is InChI=1S/C21H29NO5/c1-14(10-11-16-15(2)8-6-12-21(16,3)4)7-5-9-18(23)22-17(20(26)27)13-19(24)25/h5,7,9-11,17H,6,8,12-13H2,1-4H3,(H,22,23)(H,24,25)(H,26,27)/b9-5+,11-10+,14-7+/t17-/m0/s1. The van der Waals surface area contributed by atoms with Crippen molar-refractivity contribution in [2.24, 2.45) is 5.41 Å². The Labute approximate surface area is 160 Å². The largest absolute Gasteiger partial charge is 0.481 e. The highest BCUT2D eigenvalue weighted by Gasteiger charge is 2.26. The Morgan fingerprint density at radius 2 is 1.89 bits per heavy atom. The van der Waals surface area contributed by atoms with Crippen LogP contribution in [0.15, 0.2) is 47.1 Å². The molecule has 0 aromatic heterocycles. The van der Waals surface area contributed by atoms with Crippen LogP contribution >= 0.6 is 0 Å². The van der Waals surface area contributed by atoms with Crippen LogP contribution in [-0.2, 0) is 14.4 Å². The van der Waals surface area contributed by atoms with Gasteiger partial charge < -0.3 is 15.5 Å². The van der Waals surface area contributed by atoms with E-state index in [2.05, 4.69) is 32.2 Å². The summed E-state index contributed by atoms with van der Waals surface area (Å²) in [5.74, 6) is -3.32. The Bertz CT molecular complexity index is 710. The minimum absolute atomic E-state index is 0.158. The molecule has 0 heterocycles. The first-order chi connectivity index (χ1) is 12.5. The van der Waals surface area contributed by atoms with Crippen LogP contribution in [0.2, 0.25) is 0 Å². The predicted molar refractivity (Wildman–Crippen MR) is 104 cm³/mol. The number of carboxylic acids is 2. The monoisotopic (exact) mass is 375 g/mol. The number of hydrogen-bond acceptors (Lipinski definition) is 3. The quantitative estimate of drug-likeness (QED) is 0.444. The van der Waals surface area contributed by atoms with E-state index in [9.17, 15) is 14.4 Å². The van der Waals surface area contributed by atoms with Crippen LogP contribution in [0.3, 0.4) is 0 Å². The minimum Gasteiger partial charge on any atom is -0.481 e. The van der Waals surface area contributed by atoms with Crippen molar-refractivity contribution in [1.82, 2.24) is 5.32 Å². The lowest BCUT2D eigenvalue weighted by atomic mass is 9.72. The van der Waals surface area contributed by atoms with Crippen LogP contribution in [0.4, 0.5) is 0 Å². The molecular weight excluding hydrogens is 346 g/mol. The summed E-state index contributed by atoms with van der Waals surface area (Å²) in [6.07, 6.45) is 11.4. The first-order valence-electron chi connectivity index (χ1n) is 9.01. The highest BCUT2D eigenvalue weighted by Crippen LogP contribution is 2.40. The predicted octanol–water partition coefficient (Wildman–Crippen LogP) is 3.62. The van der Waals surface area contributed by atoms with Gasteiger partial charge in [-0.05, 0) is 44.1 Å². The molecule has 0 aromatic rings. The van der Waals surface area contributed by atoms with Gasteiger partial charge in [0.1, 0.15) is 6.04 Å². The first-order valence-corrected chi connectivity index (χ1v) is 9.01. The van der Waals surface area contributed by atoms with Crippen molar-refractivity contribution in [3.05, 3.63) is 47.1 Å². The van der Waals surface area contributed by atoms with E-state index in [4.69, 9.17) is 10.2 Å². The third-order valence-electron chi connectivity index (χ3n) is 4.66. The van der Waals surface area contributed by atoms with E-state index in [1.54, 1.807) is 6.08 Å². The van der Waals surface area contributed by atoms with Crippen LogP contribution in [0.25, 0.3) is 0 Å². The second-order valence-corrected chi connectivity index (χ2v) is 7.53. The fourth-order valence-electron chi connectivity index (χ4n) is 3.16. The molecule has 0 spiro atoms. The number of nitrogens with one attached hydrogen (secondary N) is 1. The molecule has 0 saturated heterocycles. The molecule has 0 aromatic carbocycles. The van der Waals surface area contributed by atoms with Gasteiger partial charge >= 0.3 is 11.9 Å². The maximum Gasteiger partial charge on any atom is 0.326 e. The summed E-state index contributed by atoms with van der Waals surface area (Å²) in [6, 6.07) is -1.45. The molecule has 1 rings (SSSR count). The van der Waals surface area contributed by atoms with Gasteiger partial charge in [-0.25, -0.2) is 4.79 Å². The van der Waals surface area contributed by atoms with Crippen molar-refractivity contribution in [1.29, 1.82) is 0 Å². The van der Waals surface area contributed by atoms with Crippen LogP contribution < -0.4 is 5.32 Å². The molecule has 0 aliphatic heterocycles. The molecule has 0 fully saturated rings. The number of carbonyl (C=O) groups excluding carboxylic acids is 1. The first kappa shape index (κ1) is 22.4. The van der Waals surface area contributed by atoms with Crippen molar-refractivity contribution < 1.29 is 24.6 Å². The third kappa shape index (κ3) is 7.64. The zero-order chi connectivity index (χ0) is 20.6. The van der Waals surface area contributed by atoms with E-state index in [1.165, 1.54) is 29.7 Å². The van der Waals surface area contributed by atoms with Crippen molar-refractivity contribution in [2.45, 2.75) is 59.4 Å². The maximum absolute atomic E-state index is 11.7. The molecule has 1 aliphatic carbocycles. The average Bonchev–Trinajstić information content (AvgIpc) is 2.52. The second-order valence-electron chi connectivity index (χ2n) is 7.53. The fourth-order valence-corrected chi connectivity index (χ4v) is 3.16. The number of rotatable bonds is 8. The van der Waals surface area contributed by atoms with Crippen molar-refractivity contribution in [3.63, 3.8) is 0 Å². The van der Waals surface area contributed by atoms with Crippen LogP contribution in [0.1, 0.15) is 53.4 Å². The molecule has 3 N–H and O–H groups in total. The number of hydrogen-bond donors (Lipinski definition) is 3. The highest BCUT2D eigenvalue weighted by atomic mass is 16.4. The molecule has 1 aliphatic rings. The Balaban J connectivity index is 2.71. The molecule has 148 valence electrons. The number of amides is 1. The summed E-state index contributed by atoms with van der Waals surface area (Å²) in [5.41, 5.74) is 3.86. The maximum atomic E-state index is 11.7. The summed E-state index contributed by atoms with van der Waals surface area (Å²) in [6.45, 7) is 8.57. The number of aliphatic carboxylic acids is 2. The SMILES string of the molecule is CC1=C(/C=C/C(C)=C/C=C/C(=O)N[C@@H](CC(=O)O)C(=O)O)C(C)(C)CCC1. The van der Waals surface area contributed by atoms with Gasteiger partial charge in [0.2, 0.25) is 5.91 Å². The van der Waals surface area contributed by atoms with E-state index in [0.717, 1.165) is 18.4 Å². The smallest absolute Gasteiger partial charge is 0.326 e. The van der Waals surface area contributed by atoms with E-state index >= 15 is 0 Å². The lowest BCUT2D eigenvalue weighted by molar-refractivity contribution is -0.146. The molecule has 27 heavy (non-hydrogen) atoms. The molecule has 1 amide bonds. The molecule has 0 radical (unpaired) electrons. The van der Waals surface area contributed by atoms with Gasteiger partial charge in [0.25, 0.3) is 0 Å². The second kappa shape index (κ2) is 9.90. The molecule has 6 nitrogen and oxygen atoms in total. The Kier molecular flexibility index (Phi) is 8.22. The highest BCUT2D eigenvalue weighted by molar-refractivity contribution is 5.92. The van der Waals surface area contributed by atoms with Gasteiger partial charge in [0.15, 0.2) is 0 Å². The van der Waals surface area contributed by atoms with E-state index in [-0.39, 0.29) is 5.41 Å². The number of allylic oxidation sites excluding steroid dienone is 7. The zero-order valence-electron chi connectivity index (χ0n) is 16.4. The van der Waals surface area contributed by atoms with Gasteiger partial charge in [0, 0.05) is 6.08 Å². The van der Waals surface area contributed by atoms with E-state index in [1.807, 2.05) is 13.0 Å². The molecule has 6 heteroatoms. The lowest BCUT2D eigenvalue weighted by Gasteiger charge is -2.32. The minimum atomic E-state index is -1.45. The Morgan fingerprint density at radius 3 is 2.44 bits per heavy atom. The topological polar surface area (TPSA) is 104 Å². The summed E-state index contributed by atoms with van der Waals surface area (Å²) < 4.78 is 0. The summed E-state index contributed by atoms with van der Waals surface area (Å²) in [7, 11) is 0. The fraction of sp³-hybridized carbons (Fsp3) is 0.476. The van der Waals surface area contributed by atoms with Crippen LogP contribution in [0, 0.1) is 5.41 Å². The Hall–Kier alpha value is -2.63. The summed E-state index contributed by atoms with van der Waals surface area (Å²) in [5, 5.41) is 19.7. The van der Waals surface area contributed by atoms with Crippen molar-refractivity contribution in [2.75, 3.05) is 0 Å². The van der Waals surface area contributed by atoms with Crippen LogP contribution in [-0.4, -0.2) is 34.1 Å². The van der Waals surface area contributed by atoms with E-state index < -0.39 is 30.3 Å². The molecule has 0 bridgehead atoms. The van der Waals surface area contributed by atoms with Crippen LogP contribution in [0.5, 0.6) is 0 Å². The summed E-state index contributed by atoms with van der Waals surface area (Å²) >= 11 is 0. The Morgan fingerprint density at radius 1 is 1.22 bits per heavy atom. The number of carbonyl (C=O) groups is 3.